The van der Waals surface area contributed by atoms with Crippen LogP contribution in [-0.4, -0.2) is 25.2 Å². The fourth-order valence-electron chi connectivity index (χ4n) is 1.16. The number of alkyl halides is 3. The SMILES string of the molecule is COC(=O)c1sc(C#CC(C)(C)C)cc1/N=N/C(=O)C(F)(F)F. The summed E-state index contributed by atoms with van der Waals surface area (Å²) in [6.07, 6.45) is -5.13. The van der Waals surface area contributed by atoms with Crippen LogP contribution in [0.1, 0.15) is 35.3 Å². The van der Waals surface area contributed by atoms with Gasteiger partial charge in [0.2, 0.25) is 0 Å². The number of azo groups is 1. The summed E-state index contributed by atoms with van der Waals surface area (Å²) in [6, 6.07) is 1.28. The van der Waals surface area contributed by atoms with Crippen LogP contribution in [0.25, 0.3) is 0 Å². The van der Waals surface area contributed by atoms with E-state index in [1.165, 1.54) is 6.07 Å². The van der Waals surface area contributed by atoms with Gasteiger partial charge in [0.05, 0.1) is 12.0 Å². The Bertz CT molecular complexity index is 704. The van der Waals surface area contributed by atoms with Gasteiger partial charge in [0.1, 0.15) is 10.6 Å². The smallest absolute Gasteiger partial charge is 0.465 e. The van der Waals surface area contributed by atoms with E-state index in [9.17, 15) is 22.8 Å². The van der Waals surface area contributed by atoms with Gasteiger partial charge < -0.3 is 4.74 Å². The van der Waals surface area contributed by atoms with Crippen molar-refractivity contribution >= 4 is 28.9 Å². The van der Waals surface area contributed by atoms with Crippen LogP contribution in [0, 0.1) is 17.3 Å². The highest BCUT2D eigenvalue weighted by molar-refractivity contribution is 7.15. The lowest BCUT2D eigenvalue weighted by Crippen LogP contribution is -2.19. The largest absolute Gasteiger partial charge is 0.475 e. The highest BCUT2D eigenvalue weighted by atomic mass is 32.1. The van der Waals surface area contributed by atoms with Gasteiger partial charge in [-0.1, -0.05) is 11.8 Å². The first kappa shape index (κ1) is 18.8. The number of nitrogens with zero attached hydrogens (tertiary/aromatic N) is 2. The van der Waals surface area contributed by atoms with E-state index in [0.29, 0.717) is 4.88 Å². The van der Waals surface area contributed by atoms with E-state index in [1.54, 1.807) is 0 Å². The first-order chi connectivity index (χ1) is 10.4. The van der Waals surface area contributed by atoms with Crippen molar-refractivity contribution in [3.63, 3.8) is 0 Å². The molecule has 0 aliphatic carbocycles. The Morgan fingerprint density at radius 1 is 1.26 bits per heavy atom. The number of carbonyl (C=O) groups is 2. The van der Waals surface area contributed by atoms with Crippen LogP contribution in [0.3, 0.4) is 0 Å². The van der Waals surface area contributed by atoms with E-state index in [4.69, 9.17) is 0 Å². The van der Waals surface area contributed by atoms with Gasteiger partial charge in [-0.25, -0.2) is 4.79 Å². The maximum atomic E-state index is 12.1. The summed E-state index contributed by atoms with van der Waals surface area (Å²) in [4.78, 5) is 22.7. The van der Waals surface area contributed by atoms with Crippen LogP contribution in [0.15, 0.2) is 16.3 Å². The van der Waals surface area contributed by atoms with Crippen LogP contribution in [0.5, 0.6) is 0 Å². The maximum Gasteiger partial charge on any atom is 0.475 e. The Balaban J connectivity index is 3.22. The van der Waals surface area contributed by atoms with Gasteiger partial charge in [-0.15, -0.1) is 21.6 Å². The average molecular weight is 346 g/mol. The number of amides is 1. The molecule has 0 bridgehead atoms. The number of methoxy groups -OCH3 is 1. The number of esters is 1. The third kappa shape index (κ3) is 5.83. The second-order valence-electron chi connectivity index (χ2n) is 5.32. The quantitative estimate of drug-likeness (QED) is 0.460. The predicted octanol–water partition coefficient (Wildman–Crippen LogP) is 4.10. The zero-order chi connectivity index (χ0) is 17.8. The van der Waals surface area contributed by atoms with Gasteiger partial charge in [0.15, 0.2) is 0 Å². The third-order valence-corrected chi connectivity index (χ3v) is 3.15. The molecule has 0 atom stereocenters. The molecule has 1 rings (SSSR count). The van der Waals surface area contributed by atoms with Crippen molar-refractivity contribution in [2.24, 2.45) is 15.6 Å². The number of rotatable bonds is 2. The topological polar surface area (TPSA) is 68.1 Å². The van der Waals surface area contributed by atoms with Crippen molar-refractivity contribution in [1.82, 2.24) is 0 Å². The summed E-state index contributed by atoms with van der Waals surface area (Å²) in [5.74, 6) is 2.55. The Morgan fingerprint density at radius 2 is 1.87 bits per heavy atom. The van der Waals surface area contributed by atoms with Crippen molar-refractivity contribution in [1.29, 1.82) is 0 Å². The number of hydrogen-bond donors (Lipinski definition) is 0. The first-order valence-corrected chi connectivity index (χ1v) is 7.04. The lowest BCUT2D eigenvalue weighted by atomic mass is 9.98. The summed E-state index contributed by atoms with van der Waals surface area (Å²) >= 11 is 0.898. The first-order valence-electron chi connectivity index (χ1n) is 6.22. The second kappa shape index (κ2) is 6.91. The molecule has 124 valence electrons. The lowest BCUT2D eigenvalue weighted by molar-refractivity contribution is -0.170. The number of carbonyl (C=O) groups excluding carboxylic acids is 2. The van der Waals surface area contributed by atoms with Crippen LogP contribution in [0.4, 0.5) is 18.9 Å². The van der Waals surface area contributed by atoms with Gasteiger partial charge in [-0.2, -0.15) is 13.2 Å². The summed E-state index contributed by atoms with van der Waals surface area (Å²) in [6.45, 7) is 5.62. The van der Waals surface area contributed by atoms with Crippen LogP contribution in [-0.2, 0) is 9.53 Å². The minimum atomic E-state index is -5.13. The molecule has 0 aliphatic heterocycles. The minimum absolute atomic E-state index is 0.0792. The van der Waals surface area contributed by atoms with E-state index in [1.807, 2.05) is 20.8 Å². The van der Waals surface area contributed by atoms with Crippen LogP contribution < -0.4 is 0 Å². The number of hydrogen-bond acceptors (Lipinski definition) is 5. The standard InChI is InChI=1S/C14H13F3N2O3S/c1-13(2,3)6-5-8-7-9(10(23-8)11(20)22-4)18-19-12(21)14(15,16)17/h7H,1-4H3/b19-18+. The van der Waals surface area contributed by atoms with Crippen molar-refractivity contribution in [3.05, 3.63) is 15.8 Å². The van der Waals surface area contributed by atoms with Gasteiger partial charge >= 0.3 is 18.1 Å². The third-order valence-electron chi connectivity index (χ3n) is 2.14. The molecule has 0 N–H and O–H groups in total. The molecule has 0 aromatic carbocycles. The zero-order valence-corrected chi connectivity index (χ0v) is 13.6. The fraction of sp³-hybridized carbons (Fsp3) is 0.429. The number of halogens is 3. The zero-order valence-electron chi connectivity index (χ0n) is 12.7. The molecular weight excluding hydrogens is 333 g/mol. The molecule has 5 nitrogen and oxygen atoms in total. The van der Waals surface area contributed by atoms with E-state index in [2.05, 4.69) is 26.8 Å². The maximum absolute atomic E-state index is 12.1. The molecule has 1 aromatic heterocycles. The molecule has 0 unspecified atom stereocenters. The monoisotopic (exact) mass is 346 g/mol. The van der Waals surface area contributed by atoms with Crippen molar-refractivity contribution in [3.8, 4) is 11.8 Å². The minimum Gasteiger partial charge on any atom is -0.465 e. The average Bonchev–Trinajstić information content (AvgIpc) is 2.83. The Labute approximate surface area is 134 Å². The molecule has 23 heavy (non-hydrogen) atoms. The van der Waals surface area contributed by atoms with E-state index in [0.717, 1.165) is 18.4 Å². The summed E-state index contributed by atoms with van der Waals surface area (Å²) in [5, 5.41) is 5.78. The lowest BCUT2D eigenvalue weighted by Gasteiger charge is -2.06. The molecule has 0 spiro atoms. The highest BCUT2D eigenvalue weighted by Gasteiger charge is 2.39. The highest BCUT2D eigenvalue weighted by Crippen LogP contribution is 2.31. The van der Waals surface area contributed by atoms with E-state index in [-0.39, 0.29) is 16.0 Å². The number of thiophene rings is 1. The van der Waals surface area contributed by atoms with Crippen LogP contribution in [0.2, 0.25) is 0 Å². The molecule has 9 heteroatoms. The van der Waals surface area contributed by atoms with Crippen molar-refractivity contribution in [2.45, 2.75) is 26.9 Å². The van der Waals surface area contributed by atoms with Gasteiger partial charge in [0, 0.05) is 5.41 Å². The molecule has 1 amide bonds. The molecule has 0 saturated carbocycles. The van der Waals surface area contributed by atoms with Gasteiger partial charge in [-0.3, -0.25) is 4.79 Å². The molecule has 0 saturated heterocycles. The molecule has 1 heterocycles. The Hall–Kier alpha value is -2.21. The van der Waals surface area contributed by atoms with Crippen molar-refractivity contribution < 1.29 is 27.5 Å². The Kier molecular flexibility index (Phi) is 5.66. The predicted molar refractivity (Wildman–Crippen MR) is 77.6 cm³/mol. The molecule has 0 fully saturated rings. The summed E-state index contributed by atoms with van der Waals surface area (Å²) in [7, 11) is 1.12. The normalized spacial score (nSPS) is 12.0. The second-order valence-corrected chi connectivity index (χ2v) is 6.37. The molecule has 0 radical (unpaired) electrons. The van der Waals surface area contributed by atoms with Crippen LogP contribution >= 0.6 is 11.3 Å². The fourth-order valence-corrected chi connectivity index (χ4v) is 2.02. The van der Waals surface area contributed by atoms with Gasteiger partial charge in [-0.05, 0) is 26.8 Å². The van der Waals surface area contributed by atoms with E-state index >= 15 is 0 Å². The summed E-state index contributed by atoms with van der Waals surface area (Å²) in [5.41, 5.74) is -0.499. The molecular formula is C14H13F3N2O3S. The Morgan fingerprint density at radius 3 is 2.35 bits per heavy atom. The number of ether oxygens (including phenoxy) is 1. The van der Waals surface area contributed by atoms with Gasteiger partial charge in [0.25, 0.3) is 0 Å². The van der Waals surface area contributed by atoms with Crippen molar-refractivity contribution in [2.75, 3.05) is 7.11 Å². The summed E-state index contributed by atoms with van der Waals surface area (Å²) < 4.78 is 40.9. The molecule has 1 aromatic rings. The van der Waals surface area contributed by atoms with E-state index < -0.39 is 18.1 Å². The molecule has 0 aliphatic rings.